The summed E-state index contributed by atoms with van der Waals surface area (Å²) in [4.78, 5) is 0. The van der Waals surface area contributed by atoms with Gasteiger partial charge in [0, 0.05) is 11.5 Å². The van der Waals surface area contributed by atoms with Crippen LogP contribution in [0.2, 0.25) is 0 Å². The topological polar surface area (TPSA) is 47.9 Å². The van der Waals surface area contributed by atoms with Crippen molar-refractivity contribution >= 4 is 0 Å². The molecular formula is C18H18O4. The lowest BCUT2D eigenvalue weighted by molar-refractivity contribution is 0.174. The van der Waals surface area contributed by atoms with Gasteiger partial charge in [0.15, 0.2) is 11.5 Å². The Kier molecular flexibility index (Phi) is 3.92. The molecule has 114 valence electrons. The summed E-state index contributed by atoms with van der Waals surface area (Å²) in [7, 11) is 1.61. The lowest BCUT2D eigenvalue weighted by atomic mass is 9.87. The van der Waals surface area contributed by atoms with Crippen LogP contribution in [0.15, 0.2) is 49.1 Å². The number of hydrogen-bond donors (Lipinski definition) is 1. The lowest BCUT2D eigenvalue weighted by Gasteiger charge is -2.19. The standard InChI is InChI=1S/C18H18O4/c1-3-4-14(15-10-13(20-2)6-7-16(15)19)12-5-8-17-18(9-12)22-11-21-17/h3,5-10,14,19H,1,4,11H2,2H3. The van der Waals surface area contributed by atoms with Gasteiger partial charge in [-0.2, -0.15) is 0 Å². The summed E-state index contributed by atoms with van der Waals surface area (Å²) in [6.45, 7) is 4.07. The van der Waals surface area contributed by atoms with E-state index in [1.807, 2.05) is 30.3 Å². The predicted octanol–water partition coefficient (Wildman–Crippen LogP) is 3.84. The number of fused-ring (bicyclic) bond motifs is 1. The van der Waals surface area contributed by atoms with Crippen LogP contribution in [0, 0.1) is 0 Å². The minimum atomic E-state index is -0.0258. The predicted molar refractivity (Wildman–Crippen MR) is 83.9 cm³/mol. The first-order valence-electron chi connectivity index (χ1n) is 7.10. The number of benzene rings is 2. The maximum atomic E-state index is 10.2. The van der Waals surface area contributed by atoms with Crippen LogP contribution in [0.1, 0.15) is 23.5 Å². The highest BCUT2D eigenvalue weighted by Gasteiger charge is 2.21. The minimum absolute atomic E-state index is 0.0258. The number of allylic oxidation sites excluding steroid dienone is 1. The molecule has 2 aromatic rings. The highest BCUT2D eigenvalue weighted by atomic mass is 16.7. The molecule has 0 fully saturated rings. The largest absolute Gasteiger partial charge is 0.508 e. The summed E-state index contributed by atoms with van der Waals surface area (Å²) in [5.74, 6) is 2.40. The molecule has 4 nitrogen and oxygen atoms in total. The van der Waals surface area contributed by atoms with Crippen molar-refractivity contribution in [3.63, 3.8) is 0 Å². The average Bonchev–Trinajstić information content (AvgIpc) is 3.01. The van der Waals surface area contributed by atoms with Gasteiger partial charge in [0.2, 0.25) is 6.79 Å². The van der Waals surface area contributed by atoms with Gasteiger partial charge in [0.05, 0.1) is 7.11 Å². The summed E-state index contributed by atoms with van der Waals surface area (Å²) in [6.07, 6.45) is 2.54. The van der Waals surface area contributed by atoms with Crippen LogP contribution >= 0.6 is 0 Å². The van der Waals surface area contributed by atoms with Gasteiger partial charge in [0.1, 0.15) is 11.5 Å². The van der Waals surface area contributed by atoms with Crippen LogP contribution in [0.3, 0.4) is 0 Å². The normalized spacial score (nSPS) is 13.7. The number of rotatable bonds is 5. The van der Waals surface area contributed by atoms with Crippen LogP contribution in [0.5, 0.6) is 23.0 Å². The van der Waals surface area contributed by atoms with Gasteiger partial charge in [-0.1, -0.05) is 12.1 Å². The van der Waals surface area contributed by atoms with Crippen molar-refractivity contribution in [1.29, 1.82) is 0 Å². The first kappa shape index (κ1) is 14.3. The van der Waals surface area contributed by atoms with E-state index in [0.29, 0.717) is 12.2 Å². The molecule has 22 heavy (non-hydrogen) atoms. The van der Waals surface area contributed by atoms with Gasteiger partial charge < -0.3 is 19.3 Å². The highest BCUT2D eigenvalue weighted by Crippen LogP contribution is 2.40. The molecule has 0 spiro atoms. The van der Waals surface area contributed by atoms with Crippen molar-refractivity contribution in [3.05, 3.63) is 60.2 Å². The molecule has 0 amide bonds. The number of phenolic OH excluding ortho intramolecular Hbond substituents is 1. The molecule has 0 saturated heterocycles. The van der Waals surface area contributed by atoms with Crippen LogP contribution in [-0.4, -0.2) is 19.0 Å². The van der Waals surface area contributed by atoms with E-state index in [4.69, 9.17) is 14.2 Å². The second kappa shape index (κ2) is 6.02. The number of phenols is 1. The summed E-state index contributed by atoms with van der Waals surface area (Å²) >= 11 is 0. The van der Waals surface area contributed by atoms with Crippen LogP contribution in [-0.2, 0) is 0 Å². The van der Waals surface area contributed by atoms with E-state index >= 15 is 0 Å². The fourth-order valence-corrected chi connectivity index (χ4v) is 2.68. The second-order valence-electron chi connectivity index (χ2n) is 5.11. The molecular weight excluding hydrogens is 280 g/mol. The molecule has 0 saturated carbocycles. The Bertz CT molecular complexity index is 693. The summed E-state index contributed by atoms with van der Waals surface area (Å²) in [5.41, 5.74) is 1.84. The SMILES string of the molecule is C=CCC(c1ccc2c(c1)OCO2)c1cc(OC)ccc1O. The van der Waals surface area contributed by atoms with E-state index in [0.717, 1.165) is 22.6 Å². The number of ether oxygens (including phenoxy) is 3. The van der Waals surface area contributed by atoms with E-state index in [9.17, 15) is 5.11 Å². The van der Waals surface area contributed by atoms with Crippen molar-refractivity contribution in [1.82, 2.24) is 0 Å². The first-order valence-corrected chi connectivity index (χ1v) is 7.10. The molecule has 0 aromatic heterocycles. The Morgan fingerprint density at radius 3 is 2.82 bits per heavy atom. The molecule has 3 rings (SSSR count). The molecule has 2 aromatic carbocycles. The zero-order chi connectivity index (χ0) is 15.5. The number of hydrogen-bond acceptors (Lipinski definition) is 4. The Labute approximate surface area is 129 Å². The van der Waals surface area contributed by atoms with Crippen molar-refractivity contribution in [2.24, 2.45) is 0 Å². The molecule has 1 aliphatic rings. The second-order valence-corrected chi connectivity index (χ2v) is 5.11. The summed E-state index contributed by atoms with van der Waals surface area (Å²) in [6, 6.07) is 11.1. The van der Waals surface area contributed by atoms with E-state index in [2.05, 4.69) is 6.58 Å². The Hall–Kier alpha value is -2.62. The van der Waals surface area contributed by atoms with Crippen LogP contribution in [0.25, 0.3) is 0 Å². The van der Waals surface area contributed by atoms with E-state index in [1.54, 1.807) is 19.2 Å². The highest BCUT2D eigenvalue weighted by molar-refractivity contribution is 5.50. The monoisotopic (exact) mass is 298 g/mol. The van der Waals surface area contributed by atoms with Crippen LogP contribution < -0.4 is 14.2 Å². The van der Waals surface area contributed by atoms with E-state index in [1.165, 1.54) is 0 Å². The molecule has 4 heteroatoms. The Morgan fingerprint density at radius 2 is 2.05 bits per heavy atom. The minimum Gasteiger partial charge on any atom is -0.508 e. The number of aromatic hydroxyl groups is 1. The third-order valence-electron chi connectivity index (χ3n) is 3.81. The fourth-order valence-electron chi connectivity index (χ4n) is 2.68. The maximum absolute atomic E-state index is 10.2. The fraction of sp³-hybridized carbons (Fsp3) is 0.222. The smallest absolute Gasteiger partial charge is 0.231 e. The van der Waals surface area contributed by atoms with Crippen molar-refractivity contribution in [3.8, 4) is 23.0 Å². The van der Waals surface area contributed by atoms with Gasteiger partial charge in [-0.05, 0) is 42.3 Å². The Morgan fingerprint density at radius 1 is 1.23 bits per heavy atom. The van der Waals surface area contributed by atoms with E-state index < -0.39 is 0 Å². The Balaban J connectivity index is 2.04. The molecule has 1 N–H and O–H groups in total. The third-order valence-corrected chi connectivity index (χ3v) is 3.81. The van der Waals surface area contributed by atoms with E-state index in [-0.39, 0.29) is 18.5 Å². The van der Waals surface area contributed by atoms with Gasteiger partial charge in [-0.25, -0.2) is 0 Å². The van der Waals surface area contributed by atoms with Crippen molar-refractivity contribution in [2.75, 3.05) is 13.9 Å². The van der Waals surface area contributed by atoms with Gasteiger partial charge in [-0.15, -0.1) is 6.58 Å². The quantitative estimate of drug-likeness (QED) is 0.852. The van der Waals surface area contributed by atoms with Gasteiger partial charge in [0.25, 0.3) is 0 Å². The lowest BCUT2D eigenvalue weighted by Crippen LogP contribution is -2.01. The molecule has 0 aliphatic carbocycles. The first-order chi connectivity index (χ1) is 10.7. The molecule has 0 bridgehead atoms. The molecule has 1 heterocycles. The van der Waals surface area contributed by atoms with Crippen molar-refractivity contribution < 1.29 is 19.3 Å². The zero-order valence-electron chi connectivity index (χ0n) is 12.4. The van der Waals surface area contributed by atoms with Crippen LogP contribution in [0.4, 0.5) is 0 Å². The summed E-state index contributed by atoms with van der Waals surface area (Å²) < 4.78 is 16.1. The molecule has 0 radical (unpaired) electrons. The molecule has 1 unspecified atom stereocenters. The third kappa shape index (κ3) is 2.60. The van der Waals surface area contributed by atoms with Crippen molar-refractivity contribution in [2.45, 2.75) is 12.3 Å². The molecule has 1 aliphatic heterocycles. The summed E-state index contributed by atoms with van der Waals surface area (Å²) in [5, 5.41) is 10.2. The number of methoxy groups -OCH3 is 1. The zero-order valence-corrected chi connectivity index (χ0v) is 12.4. The maximum Gasteiger partial charge on any atom is 0.231 e. The average molecular weight is 298 g/mol. The van der Waals surface area contributed by atoms with Gasteiger partial charge >= 0.3 is 0 Å². The molecule has 1 atom stereocenters. The van der Waals surface area contributed by atoms with Gasteiger partial charge in [-0.3, -0.25) is 0 Å².